The van der Waals surface area contributed by atoms with Gasteiger partial charge in [-0.3, -0.25) is 4.79 Å². The molecule has 0 aromatic heterocycles. The lowest BCUT2D eigenvalue weighted by molar-refractivity contribution is -0.127. The minimum absolute atomic E-state index is 0.0666. The second-order valence-electron chi connectivity index (χ2n) is 4.37. The molecule has 0 radical (unpaired) electrons. The number of halogens is 1. The maximum absolute atomic E-state index is 12.3. The van der Waals surface area contributed by atoms with Crippen molar-refractivity contribution < 1.29 is 23.1 Å². The van der Waals surface area contributed by atoms with Crippen LogP contribution in [0, 0.1) is 0 Å². The van der Waals surface area contributed by atoms with Gasteiger partial charge in [0.1, 0.15) is 5.25 Å². The predicted molar refractivity (Wildman–Crippen MR) is 73.8 cm³/mol. The first-order chi connectivity index (χ1) is 9.09. The lowest BCUT2D eigenvalue weighted by Crippen LogP contribution is -2.37. The maximum Gasteiger partial charge on any atom is 0.337 e. The fourth-order valence-electron chi connectivity index (χ4n) is 1.55. The number of nitrogens with zero attached hydrogens (tertiary/aromatic N) is 1. The first-order valence-corrected chi connectivity index (χ1v) is 7.49. The summed E-state index contributed by atoms with van der Waals surface area (Å²) in [5.74, 6) is -1.92. The third-order valence-electron chi connectivity index (χ3n) is 2.75. The van der Waals surface area contributed by atoms with Gasteiger partial charge in [-0.2, -0.15) is 0 Å². The van der Waals surface area contributed by atoms with Crippen LogP contribution in [0.5, 0.6) is 0 Å². The molecule has 0 saturated heterocycles. The van der Waals surface area contributed by atoms with Gasteiger partial charge in [0, 0.05) is 14.1 Å². The first kappa shape index (κ1) is 16.5. The highest BCUT2D eigenvalue weighted by Gasteiger charge is 2.31. The lowest BCUT2D eigenvalue weighted by Gasteiger charge is -2.17. The standard InChI is InChI=1S/C12H14ClNO5S/c1-7(11(15)14(2)3)20(18,19)8-4-5-10(13)9(6-8)12(16)17/h4-7H,1-3H3,(H,16,17). The van der Waals surface area contributed by atoms with Gasteiger partial charge < -0.3 is 10.0 Å². The van der Waals surface area contributed by atoms with E-state index >= 15 is 0 Å². The van der Waals surface area contributed by atoms with Crippen molar-refractivity contribution in [3.8, 4) is 0 Å². The molecule has 1 aromatic carbocycles. The normalized spacial score (nSPS) is 12.8. The number of carboxylic acids is 1. The Labute approximate surface area is 121 Å². The maximum atomic E-state index is 12.3. The van der Waals surface area contributed by atoms with E-state index in [1.165, 1.54) is 33.2 Å². The van der Waals surface area contributed by atoms with Crippen LogP contribution in [0.25, 0.3) is 0 Å². The topological polar surface area (TPSA) is 91.8 Å². The van der Waals surface area contributed by atoms with Crippen molar-refractivity contribution in [1.29, 1.82) is 0 Å². The van der Waals surface area contributed by atoms with Crippen LogP contribution in [0.1, 0.15) is 17.3 Å². The summed E-state index contributed by atoms with van der Waals surface area (Å²) >= 11 is 5.68. The van der Waals surface area contributed by atoms with Gasteiger partial charge in [-0.05, 0) is 25.1 Å². The molecule has 0 aliphatic carbocycles. The second kappa shape index (κ2) is 5.80. The Morgan fingerprint density at radius 1 is 1.30 bits per heavy atom. The van der Waals surface area contributed by atoms with Gasteiger partial charge in [-0.15, -0.1) is 0 Å². The molecular formula is C12H14ClNO5S. The van der Waals surface area contributed by atoms with Crippen molar-refractivity contribution in [2.75, 3.05) is 14.1 Å². The molecule has 1 amide bonds. The Morgan fingerprint density at radius 3 is 2.30 bits per heavy atom. The quantitative estimate of drug-likeness (QED) is 0.902. The summed E-state index contributed by atoms with van der Waals surface area (Å²) in [6.45, 7) is 1.26. The van der Waals surface area contributed by atoms with E-state index < -0.39 is 27.0 Å². The van der Waals surface area contributed by atoms with Gasteiger partial charge >= 0.3 is 5.97 Å². The summed E-state index contributed by atoms with van der Waals surface area (Å²) in [5, 5.41) is 7.57. The van der Waals surface area contributed by atoms with E-state index in [1.54, 1.807) is 0 Å². The van der Waals surface area contributed by atoms with Crippen LogP contribution in [0.2, 0.25) is 5.02 Å². The van der Waals surface area contributed by atoms with Gasteiger partial charge in [0.15, 0.2) is 9.84 Å². The zero-order valence-corrected chi connectivity index (χ0v) is 12.7. The number of amides is 1. The lowest BCUT2D eigenvalue weighted by atomic mass is 10.2. The van der Waals surface area contributed by atoms with Gasteiger partial charge in [0.25, 0.3) is 0 Å². The molecule has 20 heavy (non-hydrogen) atoms. The predicted octanol–water partition coefficient (Wildman–Crippen LogP) is 1.29. The summed E-state index contributed by atoms with van der Waals surface area (Å²) in [6.07, 6.45) is 0. The van der Waals surface area contributed by atoms with Crippen molar-refractivity contribution in [3.05, 3.63) is 28.8 Å². The van der Waals surface area contributed by atoms with E-state index in [2.05, 4.69) is 0 Å². The number of benzene rings is 1. The summed E-state index contributed by atoms with van der Waals surface area (Å²) < 4.78 is 24.6. The van der Waals surface area contributed by atoms with Crippen molar-refractivity contribution in [3.63, 3.8) is 0 Å². The minimum atomic E-state index is -3.97. The summed E-state index contributed by atoms with van der Waals surface area (Å²) in [4.78, 5) is 23.6. The molecule has 1 atom stereocenters. The monoisotopic (exact) mass is 319 g/mol. The van der Waals surface area contributed by atoms with Crippen molar-refractivity contribution >= 4 is 33.3 Å². The third-order valence-corrected chi connectivity index (χ3v) is 5.12. The number of carboxylic acid groups (broad SMARTS) is 1. The van der Waals surface area contributed by atoms with Gasteiger partial charge in [0.2, 0.25) is 5.91 Å². The Kier molecular flexibility index (Phi) is 4.77. The molecule has 0 fully saturated rings. The van der Waals surface area contributed by atoms with Crippen LogP contribution in [0.15, 0.2) is 23.1 Å². The number of carbonyl (C=O) groups excluding carboxylic acids is 1. The Balaban J connectivity index is 3.33. The molecule has 1 rings (SSSR count). The number of sulfone groups is 1. The van der Waals surface area contributed by atoms with Crippen molar-refractivity contribution in [2.45, 2.75) is 17.1 Å². The molecule has 1 N–H and O–H groups in total. The molecule has 0 spiro atoms. The highest BCUT2D eigenvalue weighted by molar-refractivity contribution is 7.92. The van der Waals surface area contributed by atoms with E-state index in [9.17, 15) is 18.0 Å². The first-order valence-electron chi connectivity index (χ1n) is 5.57. The van der Waals surface area contributed by atoms with Crippen LogP contribution in [0.3, 0.4) is 0 Å². The molecule has 0 saturated carbocycles. The average molecular weight is 320 g/mol. The van der Waals surface area contributed by atoms with Crippen LogP contribution < -0.4 is 0 Å². The van der Waals surface area contributed by atoms with E-state index in [4.69, 9.17) is 16.7 Å². The highest BCUT2D eigenvalue weighted by atomic mass is 35.5. The molecule has 0 heterocycles. The van der Waals surface area contributed by atoms with Crippen LogP contribution >= 0.6 is 11.6 Å². The molecular weight excluding hydrogens is 306 g/mol. The summed E-state index contributed by atoms with van der Waals surface area (Å²) in [7, 11) is -1.08. The van der Waals surface area contributed by atoms with Crippen LogP contribution in [0.4, 0.5) is 0 Å². The number of hydrogen-bond acceptors (Lipinski definition) is 4. The second-order valence-corrected chi connectivity index (χ2v) is 7.04. The smallest absolute Gasteiger partial charge is 0.337 e. The molecule has 110 valence electrons. The largest absolute Gasteiger partial charge is 0.478 e. The van der Waals surface area contributed by atoms with E-state index in [0.717, 1.165) is 11.0 Å². The fourth-order valence-corrected chi connectivity index (χ4v) is 3.17. The molecule has 6 nitrogen and oxygen atoms in total. The number of rotatable bonds is 4. The molecule has 0 aliphatic rings. The average Bonchev–Trinajstić information content (AvgIpc) is 2.36. The fraction of sp³-hybridized carbons (Fsp3) is 0.333. The van der Waals surface area contributed by atoms with E-state index in [0.29, 0.717) is 0 Å². The van der Waals surface area contributed by atoms with Crippen LogP contribution in [-0.4, -0.2) is 49.6 Å². The van der Waals surface area contributed by atoms with Gasteiger partial charge in [-0.25, -0.2) is 13.2 Å². The number of aromatic carboxylic acids is 1. The Bertz CT molecular complexity index is 654. The molecule has 1 unspecified atom stereocenters. The van der Waals surface area contributed by atoms with Gasteiger partial charge in [-0.1, -0.05) is 11.6 Å². The minimum Gasteiger partial charge on any atom is -0.478 e. The SMILES string of the molecule is CC(C(=O)N(C)C)S(=O)(=O)c1ccc(Cl)c(C(=O)O)c1. The zero-order valence-electron chi connectivity index (χ0n) is 11.1. The highest BCUT2D eigenvalue weighted by Crippen LogP contribution is 2.23. The molecule has 8 heteroatoms. The van der Waals surface area contributed by atoms with Crippen molar-refractivity contribution in [2.24, 2.45) is 0 Å². The molecule has 1 aromatic rings. The Morgan fingerprint density at radius 2 is 1.85 bits per heavy atom. The van der Waals surface area contributed by atoms with E-state index in [1.807, 2.05) is 0 Å². The van der Waals surface area contributed by atoms with Gasteiger partial charge in [0.05, 0.1) is 15.5 Å². The van der Waals surface area contributed by atoms with Crippen LogP contribution in [-0.2, 0) is 14.6 Å². The molecule has 0 bridgehead atoms. The summed E-state index contributed by atoms with van der Waals surface area (Å²) in [6, 6.07) is 3.33. The number of hydrogen-bond donors (Lipinski definition) is 1. The third kappa shape index (κ3) is 3.10. The van der Waals surface area contributed by atoms with Crippen molar-refractivity contribution in [1.82, 2.24) is 4.90 Å². The Hall–Kier alpha value is -1.60. The zero-order chi connectivity index (χ0) is 15.7. The van der Waals surface area contributed by atoms with E-state index in [-0.39, 0.29) is 15.5 Å². The number of carbonyl (C=O) groups is 2. The summed E-state index contributed by atoms with van der Waals surface area (Å²) in [5.41, 5.74) is -0.322. The molecule has 0 aliphatic heterocycles.